The van der Waals surface area contributed by atoms with Gasteiger partial charge in [0.05, 0.1) is 4.92 Å². The average molecular weight is 300 g/mol. The molecule has 0 saturated carbocycles. The van der Waals surface area contributed by atoms with Gasteiger partial charge in [0.15, 0.2) is 5.82 Å². The van der Waals surface area contributed by atoms with Gasteiger partial charge >= 0.3 is 5.69 Å². The molecule has 0 fully saturated rings. The van der Waals surface area contributed by atoms with Crippen LogP contribution in [0.2, 0.25) is 0 Å². The number of nitro benzene ring substituents is 1. The van der Waals surface area contributed by atoms with E-state index in [1.807, 2.05) is 0 Å². The molecule has 0 N–H and O–H groups in total. The van der Waals surface area contributed by atoms with E-state index in [0.29, 0.717) is 5.56 Å². The molecule has 4 nitrogen and oxygen atoms in total. The predicted octanol–water partition coefficient (Wildman–Crippen LogP) is 4.40. The van der Waals surface area contributed by atoms with Crippen LogP contribution in [0, 0.1) is 21.7 Å². The summed E-state index contributed by atoms with van der Waals surface area (Å²) in [5.74, 6) is -2.13. The lowest BCUT2D eigenvalue weighted by Gasteiger charge is -2.08. The SMILES string of the molecule is O=[N+]([O-])c1cccc(F)c1Oc1cc(F)cc(CCl)c1. The van der Waals surface area contributed by atoms with E-state index >= 15 is 0 Å². The molecule has 2 rings (SSSR count). The smallest absolute Gasteiger partial charge is 0.314 e. The Hall–Kier alpha value is -2.21. The highest BCUT2D eigenvalue weighted by atomic mass is 35.5. The molecule has 0 spiro atoms. The highest BCUT2D eigenvalue weighted by Gasteiger charge is 2.20. The zero-order valence-corrected chi connectivity index (χ0v) is 10.7. The van der Waals surface area contributed by atoms with Crippen LogP contribution in [0.25, 0.3) is 0 Å². The van der Waals surface area contributed by atoms with Crippen molar-refractivity contribution in [2.24, 2.45) is 0 Å². The van der Waals surface area contributed by atoms with Crippen LogP contribution in [0.1, 0.15) is 5.56 Å². The van der Waals surface area contributed by atoms with Gasteiger partial charge in [-0.3, -0.25) is 10.1 Å². The summed E-state index contributed by atoms with van der Waals surface area (Å²) < 4.78 is 32.1. The molecule has 0 aliphatic carbocycles. The summed E-state index contributed by atoms with van der Waals surface area (Å²) in [6.45, 7) is 0. The Morgan fingerprint density at radius 1 is 1.25 bits per heavy atom. The maximum absolute atomic E-state index is 13.6. The van der Waals surface area contributed by atoms with Crippen molar-refractivity contribution in [2.75, 3.05) is 0 Å². The maximum atomic E-state index is 13.6. The van der Waals surface area contributed by atoms with Crippen molar-refractivity contribution >= 4 is 17.3 Å². The normalized spacial score (nSPS) is 10.3. The number of nitro groups is 1. The summed E-state index contributed by atoms with van der Waals surface area (Å²) in [6, 6.07) is 6.87. The molecule has 0 heterocycles. The third-order valence-corrected chi connectivity index (χ3v) is 2.76. The van der Waals surface area contributed by atoms with Gasteiger partial charge < -0.3 is 4.74 Å². The molecule has 104 valence electrons. The van der Waals surface area contributed by atoms with Crippen LogP contribution >= 0.6 is 11.6 Å². The Labute approximate surface area is 117 Å². The second-order valence-electron chi connectivity index (χ2n) is 3.88. The molecule has 2 aromatic rings. The van der Waals surface area contributed by atoms with Gasteiger partial charge in [0, 0.05) is 18.0 Å². The van der Waals surface area contributed by atoms with E-state index in [2.05, 4.69) is 0 Å². The average Bonchev–Trinajstić information content (AvgIpc) is 2.40. The van der Waals surface area contributed by atoms with Gasteiger partial charge in [-0.2, -0.15) is 0 Å². The fourth-order valence-corrected chi connectivity index (χ4v) is 1.77. The largest absolute Gasteiger partial charge is 0.447 e. The van der Waals surface area contributed by atoms with Gasteiger partial charge in [0.2, 0.25) is 5.75 Å². The van der Waals surface area contributed by atoms with E-state index in [9.17, 15) is 18.9 Å². The van der Waals surface area contributed by atoms with Crippen LogP contribution < -0.4 is 4.74 Å². The maximum Gasteiger partial charge on any atom is 0.314 e. The number of halogens is 3. The second kappa shape index (κ2) is 5.83. The van der Waals surface area contributed by atoms with Gasteiger partial charge in [-0.1, -0.05) is 6.07 Å². The summed E-state index contributed by atoms with van der Waals surface area (Å²) in [7, 11) is 0. The molecule has 0 aliphatic heterocycles. The van der Waals surface area contributed by atoms with Crippen molar-refractivity contribution in [1.82, 2.24) is 0 Å². The molecule has 20 heavy (non-hydrogen) atoms. The molecular formula is C13H8ClF2NO3. The van der Waals surface area contributed by atoms with Crippen LogP contribution in [0.3, 0.4) is 0 Å². The Bertz CT molecular complexity index is 664. The van der Waals surface area contributed by atoms with Gasteiger partial charge in [0.1, 0.15) is 11.6 Å². The number of ether oxygens (including phenoxy) is 1. The summed E-state index contributed by atoms with van der Waals surface area (Å²) in [6.07, 6.45) is 0. The first kappa shape index (κ1) is 14.2. The molecule has 0 atom stereocenters. The first-order chi connectivity index (χ1) is 9.51. The molecule has 0 unspecified atom stereocenters. The standard InChI is InChI=1S/C13H8ClF2NO3/c14-7-8-4-9(15)6-10(5-8)20-13-11(16)2-1-3-12(13)17(18)19/h1-6H,7H2. The summed E-state index contributed by atoms with van der Waals surface area (Å²) in [4.78, 5) is 10.0. The number of benzene rings is 2. The number of nitrogens with zero attached hydrogens (tertiary/aromatic N) is 1. The topological polar surface area (TPSA) is 52.4 Å². The second-order valence-corrected chi connectivity index (χ2v) is 4.14. The fraction of sp³-hybridized carbons (Fsp3) is 0.0769. The minimum absolute atomic E-state index is 0.0352. The van der Waals surface area contributed by atoms with Crippen molar-refractivity contribution in [1.29, 1.82) is 0 Å². The van der Waals surface area contributed by atoms with E-state index in [1.54, 1.807) is 0 Å². The summed E-state index contributed by atoms with van der Waals surface area (Å²) >= 11 is 5.58. The molecule has 0 aromatic heterocycles. The summed E-state index contributed by atoms with van der Waals surface area (Å²) in [5, 5.41) is 10.8. The number of para-hydroxylation sites is 1. The third-order valence-electron chi connectivity index (χ3n) is 2.45. The molecule has 0 amide bonds. The Morgan fingerprint density at radius 2 is 2.00 bits per heavy atom. The van der Waals surface area contributed by atoms with Gasteiger partial charge in [-0.15, -0.1) is 11.6 Å². The van der Waals surface area contributed by atoms with Crippen LogP contribution in [0.5, 0.6) is 11.5 Å². The first-order valence-corrected chi connectivity index (χ1v) is 6.01. The van der Waals surface area contributed by atoms with Crippen LogP contribution in [-0.4, -0.2) is 4.92 Å². The van der Waals surface area contributed by atoms with Crippen LogP contribution in [-0.2, 0) is 5.88 Å². The van der Waals surface area contributed by atoms with Gasteiger partial charge in [-0.05, 0) is 23.8 Å². The van der Waals surface area contributed by atoms with Crippen molar-refractivity contribution < 1.29 is 18.4 Å². The van der Waals surface area contributed by atoms with E-state index < -0.39 is 28.0 Å². The van der Waals surface area contributed by atoms with Crippen LogP contribution in [0.4, 0.5) is 14.5 Å². The van der Waals surface area contributed by atoms with E-state index in [0.717, 1.165) is 18.2 Å². The molecule has 0 radical (unpaired) electrons. The van der Waals surface area contributed by atoms with Crippen molar-refractivity contribution in [3.8, 4) is 11.5 Å². The molecule has 7 heteroatoms. The number of hydrogen-bond acceptors (Lipinski definition) is 3. The lowest BCUT2D eigenvalue weighted by Crippen LogP contribution is -1.97. The highest BCUT2D eigenvalue weighted by molar-refractivity contribution is 6.17. The number of alkyl halides is 1. The van der Waals surface area contributed by atoms with Crippen molar-refractivity contribution in [3.63, 3.8) is 0 Å². The van der Waals surface area contributed by atoms with Gasteiger partial charge in [0.25, 0.3) is 0 Å². The van der Waals surface area contributed by atoms with E-state index in [-0.39, 0.29) is 11.6 Å². The van der Waals surface area contributed by atoms with E-state index in [1.165, 1.54) is 18.2 Å². The third kappa shape index (κ3) is 3.03. The monoisotopic (exact) mass is 299 g/mol. The minimum atomic E-state index is -0.907. The lowest BCUT2D eigenvalue weighted by atomic mass is 10.2. The zero-order chi connectivity index (χ0) is 14.7. The van der Waals surface area contributed by atoms with Gasteiger partial charge in [-0.25, -0.2) is 8.78 Å². The minimum Gasteiger partial charge on any atom is -0.447 e. The van der Waals surface area contributed by atoms with E-state index in [4.69, 9.17) is 16.3 Å². The molecule has 0 saturated heterocycles. The summed E-state index contributed by atoms with van der Waals surface area (Å²) in [5.41, 5.74) is -0.123. The predicted molar refractivity (Wildman–Crippen MR) is 69.1 cm³/mol. The first-order valence-electron chi connectivity index (χ1n) is 5.47. The molecule has 0 aliphatic rings. The van der Waals surface area contributed by atoms with Crippen molar-refractivity contribution in [3.05, 3.63) is 63.7 Å². The van der Waals surface area contributed by atoms with Crippen LogP contribution in [0.15, 0.2) is 36.4 Å². The highest BCUT2D eigenvalue weighted by Crippen LogP contribution is 2.34. The van der Waals surface area contributed by atoms with Crippen molar-refractivity contribution in [2.45, 2.75) is 5.88 Å². The quantitative estimate of drug-likeness (QED) is 0.477. The number of rotatable bonds is 4. The number of hydrogen-bond donors (Lipinski definition) is 0. The molecule has 2 aromatic carbocycles. The Balaban J connectivity index is 2.44. The molecule has 0 bridgehead atoms. The lowest BCUT2D eigenvalue weighted by molar-refractivity contribution is -0.385. The Kier molecular flexibility index (Phi) is 4.14. The fourth-order valence-electron chi connectivity index (χ4n) is 1.62. The Morgan fingerprint density at radius 3 is 2.65 bits per heavy atom. The molecular weight excluding hydrogens is 292 g/mol. The zero-order valence-electron chi connectivity index (χ0n) is 9.98.